The minimum atomic E-state index is 0.0513. The Morgan fingerprint density at radius 1 is 1.20 bits per heavy atom. The van der Waals surface area contributed by atoms with Gasteiger partial charge >= 0.3 is 0 Å². The van der Waals surface area contributed by atoms with Gasteiger partial charge in [0.05, 0.1) is 12.6 Å². The maximum absolute atomic E-state index is 5.47. The van der Waals surface area contributed by atoms with Gasteiger partial charge in [-0.25, -0.2) is 0 Å². The van der Waals surface area contributed by atoms with Gasteiger partial charge in [-0.2, -0.15) is 0 Å². The van der Waals surface area contributed by atoms with Gasteiger partial charge < -0.3 is 15.4 Å². The van der Waals surface area contributed by atoms with Gasteiger partial charge in [0.2, 0.25) is 0 Å². The van der Waals surface area contributed by atoms with Gasteiger partial charge in [-0.3, -0.25) is 0 Å². The van der Waals surface area contributed by atoms with Gasteiger partial charge in [0.1, 0.15) is 5.75 Å². The molecule has 0 aromatic heterocycles. The van der Waals surface area contributed by atoms with E-state index in [1.807, 2.05) is 19.1 Å². The fourth-order valence-electron chi connectivity index (χ4n) is 2.10. The predicted molar refractivity (Wildman–Crippen MR) is 86.8 cm³/mol. The highest BCUT2D eigenvalue weighted by molar-refractivity contribution is 7.80. The summed E-state index contributed by atoms with van der Waals surface area (Å²) in [6.07, 6.45) is 2.20. The lowest BCUT2D eigenvalue weighted by Gasteiger charge is -2.32. The third kappa shape index (κ3) is 3.51. The van der Waals surface area contributed by atoms with Gasteiger partial charge in [-0.1, -0.05) is 32.9 Å². The number of thiocarbonyl (C=S) groups is 1. The number of allylic oxidation sites excluding steroid dienone is 1. The molecule has 0 radical (unpaired) electrons. The van der Waals surface area contributed by atoms with Crippen LogP contribution in [0, 0.1) is 5.41 Å². The van der Waals surface area contributed by atoms with Crippen molar-refractivity contribution in [3.05, 3.63) is 41.6 Å². The Hall–Kier alpha value is -1.55. The molecule has 108 valence electrons. The van der Waals surface area contributed by atoms with Crippen LogP contribution in [-0.4, -0.2) is 11.7 Å². The first-order valence-corrected chi connectivity index (χ1v) is 7.33. The van der Waals surface area contributed by atoms with Crippen LogP contribution in [0.2, 0.25) is 0 Å². The number of nitrogens with one attached hydrogen (secondary N) is 2. The predicted octanol–water partition coefficient (Wildman–Crippen LogP) is 3.53. The second-order valence-corrected chi connectivity index (χ2v) is 6.32. The molecule has 2 N–H and O–H groups in total. The monoisotopic (exact) mass is 290 g/mol. The first-order valence-electron chi connectivity index (χ1n) is 6.92. The first-order chi connectivity index (χ1) is 9.40. The Bertz CT molecular complexity index is 514. The molecule has 0 aliphatic carbocycles. The summed E-state index contributed by atoms with van der Waals surface area (Å²) < 4.78 is 5.47. The molecule has 1 atom stereocenters. The minimum absolute atomic E-state index is 0.0513. The van der Waals surface area contributed by atoms with E-state index >= 15 is 0 Å². The second-order valence-electron chi connectivity index (χ2n) is 5.91. The number of hydrogen-bond acceptors (Lipinski definition) is 2. The highest BCUT2D eigenvalue weighted by Crippen LogP contribution is 2.29. The van der Waals surface area contributed by atoms with E-state index in [1.54, 1.807) is 0 Å². The summed E-state index contributed by atoms with van der Waals surface area (Å²) in [6.45, 7) is 9.20. The Kier molecular flexibility index (Phi) is 4.33. The summed E-state index contributed by atoms with van der Waals surface area (Å²) in [5.74, 6) is 0.896. The summed E-state index contributed by atoms with van der Waals surface area (Å²) >= 11 is 5.31. The molecule has 1 aromatic rings. The topological polar surface area (TPSA) is 33.3 Å². The first kappa shape index (κ1) is 14.9. The standard InChI is InChI=1S/C16H22N2OS/c1-5-19-12-8-6-11(7-9-12)13-10-14(16(2,3)4)18-15(20)17-13/h6-10,13H,5H2,1-4H3,(H2,17,18,20). The summed E-state index contributed by atoms with van der Waals surface area (Å²) in [4.78, 5) is 0. The highest BCUT2D eigenvalue weighted by atomic mass is 32.1. The zero-order valence-electron chi connectivity index (χ0n) is 12.5. The highest BCUT2D eigenvalue weighted by Gasteiger charge is 2.24. The normalized spacial score (nSPS) is 18.9. The lowest BCUT2D eigenvalue weighted by Crippen LogP contribution is -2.44. The van der Waals surface area contributed by atoms with Gasteiger partial charge in [-0.15, -0.1) is 0 Å². The fraction of sp³-hybridized carbons (Fsp3) is 0.438. The molecule has 20 heavy (non-hydrogen) atoms. The smallest absolute Gasteiger partial charge is 0.171 e. The van der Waals surface area contributed by atoms with Gasteiger partial charge in [-0.05, 0) is 42.9 Å². The molecule has 1 aromatic carbocycles. The van der Waals surface area contributed by atoms with Crippen molar-refractivity contribution in [2.75, 3.05) is 6.61 Å². The number of ether oxygens (including phenoxy) is 1. The van der Waals surface area contributed by atoms with Crippen LogP contribution in [0.25, 0.3) is 0 Å². The van der Waals surface area contributed by atoms with Gasteiger partial charge in [0.25, 0.3) is 0 Å². The van der Waals surface area contributed by atoms with Crippen LogP contribution in [0.15, 0.2) is 36.0 Å². The zero-order chi connectivity index (χ0) is 14.8. The van der Waals surface area contributed by atoms with E-state index in [1.165, 1.54) is 5.56 Å². The lowest BCUT2D eigenvalue weighted by atomic mass is 9.89. The summed E-state index contributed by atoms with van der Waals surface area (Å²) in [5, 5.41) is 7.21. The van der Waals surface area contributed by atoms with Crippen molar-refractivity contribution in [1.29, 1.82) is 0 Å². The SMILES string of the molecule is CCOc1ccc(C2C=C(C(C)(C)C)NC(=S)N2)cc1. The van der Waals surface area contributed by atoms with Gasteiger partial charge in [0, 0.05) is 11.1 Å². The van der Waals surface area contributed by atoms with Crippen molar-refractivity contribution in [2.24, 2.45) is 5.41 Å². The molecule has 0 spiro atoms. The molecule has 2 rings (SSSR count). The van der Waals surface area contributed by atoms with Crippen molar-refractivity contribution in [2.45, 2.75) is 33.7 Å². The molecule has 1 heterocycles. The number of hydrogen-bond donors (Lipinski definition) is 2. The summed E-state index contributed by atoms with van der Waals surface area (Å²) in [7, 11) is 0. The maximum atomic E-state index is 5.47. The minimum Gasteiger partial charge on any atom is -0.494 e. The quantitative estimate of drug-likeness (QED) is 0.834. The summed E-state index contributed by atoms with van der Waals surface area (Å²) in [5.41, 5.74) is 2.38. The molecule has 1 aliphatic heterocycles. The van der Waals surface area contributed by atoms with E-state index < -0.39 is 0 Å². The molecule has 1 aliphatic rings. The van der Waals surface area contributed by atoms with E-state index in [-0.39, 0.29) is 11.5 Å². The largest absolute Gasteiger partial charge is 0.494 e. The number of rotatable bonds is 3. The van der Waals surface area contributed by atoms with Crippen molar-refractivity contribution in [1.82, 2.24) is 10.6 Å². The van der Waals surface area contributed by atoms with Crippen molar-refractivity contribution in [3.8, 4) is 5.75 Å². The third-order valence-electron chi connectivity index (χ3n) is 3.23. The Labute approximate surface area is 126 Å². The van der Waals surface area contributed by atoms with Crippen LogP contribution >= 0.6 is 12.2 Å². The molecule has 0 saturated carbocycles. The van der Waals surface area contributed by atoms with Crippen LogP contribution in [0.3, 0.4) is 0 Å². The molecule has 0 fully saturated rings. The van der Waals surface area contributed by atoms with Crippen molar-refractivity contribution in [3.63, 3.8) is 0 Å². The molecule has 3 nitrogen and oxygen atoms in total. The van der Waals surface area contributed by atoms with Crippen LogP contribution in [0.5, 0.6) is 5.75 Å². The zero-order valence-corrected chi connectivity index (χ0v) is 13.3. The molecule has 0 amide bonds. The van der Waals surface area contributed by atoms with E-state index in [2.05, 4.69) is 49.6 Å². The number of benzene rings is 1. The Morgan fingerprint density at radius 2 is 1.85 bits per heavy atom. The Morgan fingerprint density at radius 3 is 2.40 bits per heavy atom. The van der Waals surface area contributed by atoms with Crippen LogP contribution in [0.4, 0.5) is 0 Å². The molecule has 1 unspecified atom stereocenters. The maximum Gasteiger partial charge on any atom is 0.171 e. The van der Waals surface area contributed by atoms with Crippen LogP contribution in [-0.2, 0) is 0 Å². The van der Waals surface area contributed by atoms with Crippen LogP contribution in [0.1, 0.15) is 39.3 Å². The third-order valence-corrected chi connectivity index (χ3v) is 3.45. The van der Waals surface area contributed by atoms with Gasteiger partial charge in [0.15, 0.2) is 5.11 Å². The second kappa shape index (κ2) is 5.83. The van der Waals surface area contributed by atoms with E-state index in [0.717, 1.165) is 11.4 Å². The molecule has 0 saturated heterocycles. The van der Waals surface area contributed by atoms with E-state index in [0.29, 0.717) is 11.7 Å². The lowest BCUT2D eigenvalue weighted by molar-refractivity contribution is 0.340. The molecular weight excluding hydrogens is 268 g/mol. The van der Waals surface area contributed by atoms with Crippen molar-refractivity contribution < 1.29 is 4.74 Å². The fourth-order valence-corrected chi connectivity index (χ4v) is 2.34. The molecular formula is C16H22N2OS. The van der Waals surface area contributed by atoms with E-state index in [4.69, 9.17) is 17.0 Å². The molecule has 0 bridgehead atoms. The Balaban J connectivity index is 2.24. The molecule has 4 heteroatoms. The average Bonchev–Trinajstić information content (AvgIpc) is 2.38. The van der Waals surface area contributed by atoms with E-state index in [9.17, 15) is 0 Å². The van der Waals surface area contributed by atoms with Crippen LogP contribution < -0.4 is 15.4 Å². The average molecular weight is 290 g/mol. The van der Waals surface area contributed by atoms with Crippen molar-refractivity contribution >= 4 is 17.3 Å². The summed E-state index contributed by atoms with van der Waals surface area (Å²) in [6, 6.07) is 8.25.